The number of amides is 10. The van der Waals surface area contributed by atoms with Gasteiger partial charge in [-0.05, 0) is 81.5 Å². The number of guanidine groups is 1. The van der Waals surface area contributed by atoms with E-state index in [1.807, 2.05) is 0 Å². The normalized spacial score (nSPS) is 15.0. The largest absolute Gasteiger partial charge is 0.508 e. The van der Waals surface area contributed by atoms with E-state index in [-0.39, 0.29) is 62.8 Å². The Hall–Kier alpha value is -8.23. The number of rotatable bonds is 39. The molecule has 82 heavy (non-hydrogen) atoms. The molecule has 1 aromatic carbocycles. The van der Waals surface area contributed by atoms with Crippen molar-refractivity contribution in [1.82, 2.24) is 47.9 Å². The van der Waals surface area contributed by atoms with Crippen molar-refractivity contribution in [2.24, 2.45) is 45.5 Å². The molecule has 1 aromatic rings. The summed E-state index contributed by atoms with van der Waals surface area (Å²) < 4.78 is 0. The lowest BCUT2D eigenvalue weighted by Crippen LogP contribution is -2.62. The molecule has 0 aromatic heterocycles. The number of nitrogens with two attached hydrogens (primary N) is 5. The zero-order valence-corrected chi connectivity index (χ0v) is 46.6. The molecule has 24 N–H and O–H groups in total. The standard InChI is InChI=1S/C50H83N15O17/c1-6-25(4)39(49(81)82)64-46(78)31(18-24(2)3)60-43(75)30(11-7-8-16-51)59-45(77)34(21-38(71)72)62-48(80)40(26(5)67)65-47(79)33(20-36(53)69)61-44(76)32(19-27-12-14-28(68)15-13-27)58-37(70)22-57-42(74)35(23-66)63-41(73)29(52)10-9-17-56-50(54)55/h12-15,24-26,29-35,39-40,66-68H,6-11,16-23,51-52H2,1-5H3,(H2,53,69)(H,57,74)(H,58,70)(H,59,77)(H,60,75)(H,61,76)(H,62,80)(H,63,73)(H,64,78)(H,65,79)(H,71,72)(H,81,82)(H4,54,55,56)/t25-,26+,29-,30-,31-,32-,33-,34-,35-,39-,40-/m0/s1/i41-1. The number of carbonyl (C=O) groups is 12. The molecule has 11 atom stereocenters. The minimum atomic E-state index is -2.07. The van der Waals surface area contributed by atoms with Crippen molar-refractivity contribution in [2.75, 3.05) is 26.2 Å². The molecule has 0 spiro atoms. The molecule has 0 saturated heterocycles. The van der Waals surface area contributed by atoms with Crippen LogP contribution in [-0.2, 0) is 64.0 Å². The van der Waals surface area contributed by atoms with Gasteiger partial charge in [0.15, 0.2) is 5.96 Å². The molecule has 32 nitrogen and oxygen atoms in total. The van der Waals surface area contributed by atoms with Gasteiger partial charge in [-0.2, -0.15) is 0 Å². The topological polar surface area (TPSA) is 557 Å². The molecule has 0 aliphatic carbocycles. The van der Waals surface area contributed by atoms with Crippen molar-refractivity contribution in [2.45, 2.75) is 159 Å². The molecule has 32 heteroatoms. The third-order valence-electron chi connectivity index (χ3n) is 12.4. The maximum absolute atomic E-state index is 14.0. The average molecular weight is 1170 g/mol. The first-order valence-corrected chi connectivity index (χ1v) is 26.4. The van der Waals surface area contributed by atoms with E-state index >= 15 is 0 Å². The van der Waals surface area contributed by atoms with Crippen LogP contribution in [0.25, 0.3) is 0 Å². The number of unbranched alkanes of at least 4 members (excludes halogenated alkanes) is 1. The van der Waals surface area contributed by atoms with Gasteiger partial charge in [-0.1, -0.05) is 46.2 Å². The third-order valence-corrected chi connectivity index (χ3v) is 12.4. The number of carbonyl (C=O) groups excluding carboxylic acids is 10. The maximum atomic E-state index is 14.0. The van der Waals surface area contributed by atoms with Gasteiger partial charge in [0, 0.05) is 13.0 Å². The third kappa shape index (κ3) is 27.3. The second kappa shape index (κ2) is 36.9. The summed E-state index contributed by atoms with van der Waals surface area (Å²) in [5.41, 5.74) is 27.8. The van der Waals surface area contributed by atoms with E-state index in [9.17, 15) is 83.1 Å². The monoisotopic (exact) mass is 1160 g/mol. The number of aliphatic carboxylic acids is 2. The van der Waals surface area contributed by atoms with Crippen LogP contribution in [0, 0.1) is 11.8 Å². The van der Waals surface area contributed by atoms with Gasteiger partial charge in [0.05, 0.1) is 38.1 Å². The smallest absolute Gasteiger partial charge is 0.326 e. The first kappa shape index (κ1) is 71.8. The number of phenolic OH excluding ortho intramolecular Hbond substituents is 1. The van der Waals surface area contributed by atoms with Crippen LogP contribution in [-0.4, -0.2) is 189 Å². The average Bonchev–Trinajstić information content (AvgIpc) is 3.48. The summed E-state index contributed by atoms with van der Waals surface area (Å²) in [4.78, 5) is 162. The lowest BCUT2D eigenvalue weighted by atomic mass is 9.85. The quantitative estimate of drug-likeness (QED) is 0.0166. The van der Waals surface area contributed by atoms with Gasteiger partial charge in [0.2, 0.25) is 59.1 Å². The van der Waals surface area contributed by atoms with Crippen LogP contribution in [0.5, 0.6) is 5.75 Å². The number of phenols is 1. The number of aliphatic hydroxyl groups excluding tert-OH is 2. The zero-order chi connectivity index (χ0) is 62.4. The van der Waals surface area contributed by atoms with Gasteiger partial charge in [0.25, 0.3) is 0 Å². The summed E-state index contributed by atoms with van der Waals surface area (Å²) in [5.74, 6) is -15.0. The molecule has 0 aliphatic heterocycles. The number of carboxylic acid groups (broad SMARTS) is 2. The number of aromatic hydroxyl groups is 1. The highest BCUT2D eigenvalue weighted by Crippen LogP contribution is 2.14. The molecule has 0 unspecified atom stereocenters. The summed E-state index contributed by atoms with van der Waals surface area (Å²) in [6, 6.07) is -9.28. The Labute approximate surface area is 473 Å². The van der Waals surface area contributed by atoms with E-state index < -0.39 is 163 Å². The van der Waals surface area contributed by atoms with Gasteiger partial charge >= 0.3 is 11.9 Å². The van der Waals surface area contributed by atoms with Crippen LogP contribution in [0.3, 0.4) is 0 Å². The van der Waals surface area contributed by atoms with Crippen molar-refractivity contribution >= 4 is 77.0 Å². The van der Waals surface area contributed by atoms with Crippen molar-refractivity contribution in [3.05, 3.63) is 29.8 Å². The molecular formula is C50H83N15O17. The predicted molar refractivity (Wildman–Crippen MR) is 292 cm³/mol. The fourth-order valence-electron chi connectivity index (χ4n) is 7.67. The van der Waals surface area contributed by atoms with E-state index in [0.717, 1.165) is 6.92 Å². The summed E-state index contributed by atoms with van der Waals surface area (Å²) in [6.45, 7) is 6.37. The van der Waals surface area contributed by atoms with Gasteiger partial charge in [0.1, 0.15) is 54.1 Å². The Bertz CT molecular complexity index is 2370. The Morgan fingerprint density at radius 1 is 0.598 bits per heavy atom. The summed E-state index contributed by atoms with van der Waals surface area (Å²) >= 11 is 0. The van der Waals surface area contributed by atoms with Gasteiger partial charge in [-0.25, -0.2) is 4.79 Å². The predicted octanol–water partition coefficient (Wildman–Crippen LogP) is -6.66. The van der Waals surface area contributed by atoms with Crippen molar-refractivity contribution in [1.29, 1.82) is 0 Å². The molecule has 1 rings (SSSR count). The molecule has 0 fully saturated rings. The Balaban J connectivity index is 3.42. The lowest BCUT2D eigenvalue weighted by molar-refractivity contribution is -0.144. The van der Waals surface area contributed by atoms with Crippen LogP contribution in [0.1, 0.15) is 98.0 Å². The van der Waals surface area contributed by atoms with E-state index in [1.54, 1.807) is 27.7 Å². The number of aliphatic imine (C=N–C) groups is 1. The number of hydrogen-bond donors (Lipinski definition) is 19. The summed E-state index contributed by atoms with van der Waals surface area (Å²) in [7, 11) is 0. The molecule has 0 aliphatic rings. The highest BCUT2D eigenvalue weighted by molar-refractivity contribution is 6.00. The number of nitrogens with zero attached hydrogens (tertiary/aromatic N) is 1. The zero-order valence-electron chi connectivity index (χ0n) is 46.6. The number of benzene rings is 1. The number of hydrogen-bond acceptors (Lipinski definition) is 18. The van der Waals surface area contributed by atoms with Crippen LogP contribution in [0.2, 0.25) is 0 Å². The molecular weight excluding hydrogens is 1080 g/mol. The minimum absolute atomic E-state index is 0.0285. The minimum Gasteiger partial charge on any atom is -0.508 e. The second-order valence-corrected chi connectivity index (χ2v) is 19.9. The molecule has 460 valence electrons. The second-order valence-electron chi connectivity index (χ2n) is 19.9. The first-order valence-electron chi connectivity index (χ1n) is 26.4. The SMILES string of the molecule is CC[C@H](C)[C@H](NC(=O)[C@H](CC(C)C)NC(=O)[C@H](CCCCN)NC(=O)[C@H](CC(=O)O)NC(=O)[C@@H](NC(=O)[C@H](CC(N)=O)NC(=O)[C@H](Cc1ccc(O)cc1)NC(=O)CNC(=O)[C@H](CO)N[11C](=O)[C@@H](N)CCCN=C(N)N)[C@@H](C)O)C(=O)O. The molecule has 10 amide bonds. The summed E-state index contributed by atoms with van der Waals surface area (Å²) in [6.07, 6.45) is -3.06. The molecule has 0 radical (unpaired) electrons. The highest BCUT2D eigenvalue weighted by atomic mass is 16.4. The molecule has 0 saturated carbocycles. The van der Waals surface area contributed by atoms with Crippen LogP contribution in [0.4, 0.5) is 0 Å². The summed E-state index contributed by atoms with van der Waals surface area (Å²) in [5, 5.41) is 70.7. The fourth-order valence-corrected chi connectivity index (χ4v) is 7.67. The van der Waals surface area contributed by atoms with Gasteiger partial charge in [-0.15, -0.1) is 0 Å². The van der Waals surface area contributed by atoms with Crippen LogP contribution < -0.4 is 76.5 Å². The van der Waals surface area contributed by atoms with Crippen LogP contribution in [0.15, 0.2) is 29.3 Å². The number of nitrogens with one attached hydrogen (secondary N) is 9. The van der Waals surface area contributed by atoms with Crippen molar-refractivity contribution in [3.63, 3.8) is 0 Å². The highest BCUT2D eigenvalue weighted by Gasteiger charge is 2.37. The lowest BCUT2D eigenvalue weighted by Gasteiger charge is -2.28. The van der Waals surface area contributed by atoms with E-state index in [4.69, 9.17) is 28.7 Å². The Kier molecular flexibility index (Phi) is 32.3. The molecule has 0 bridgehead atoms. The Morgan fingerprint density at radius 3 is 1.66 bits per heavy atom. The van der Waals surface area contributed by atoms with E-state index in [2.05, 4.69) is 52.8 Å². The fraction of sp³-hybridized carbons (Fsp3) is 0.620. The van der Waals surface area contributed by atoms with Gasteiger partial charge in [-0.3, -0.25) is 57.7 Å². The molecule has 0 heterocycles. The number of primary amides is 1. The number of carboxylic acids is 2. The van der Waals surface area contributed by atoms with E-state index in [0.29, 0.717) is 24.8 Å². The Morgan fingerprint density at radius 2 is 1.12 bits per heavy atom. The van der Waals surface area contributed by atoms with Crippen molar-refractivity contribution < 1.29 is 83.1 Å². The van der Waals surface area contributed by atoms with E-state index in [1.165, 1.54) is 24.3 Å². The first-order chi connectivity index (χ1) is 38.4. The van der Waals surface area contributed by atoms with Crippen molar-refractivity contribution in [3.8, 4) is 5.75 Å². The number of aliphatic hydroxyl groups is 2. The van der Waals surface area contributed by atoms with Gasteiger partial charge < -0.3 is 102 Å². The maximum Gasteiger partial charge on any atom is 0.326 e. The van der Waals surface area contributed by atoms with Crippen LogP contribution >= 0.6 is 0 Å².